The van der Waals surface area contributed by atoms with Crippen LogP contribution in [0.2, 0.25) is 0 Å². The van der Waals surface area contributed by atoms with Crippen molar-refractivity contribution in [2.75, 3.05) is 25.0 Å². The summed E-state index contributed by atoms with van der Waals surface area (Å²) in [6.45, 7) is 1.65. The highest BCUT2D eigenvalue weighted by molar-refractivity contribution is 6.01. The highest BCUT2D eigenvalue weighted by Crippen LogP contribution is 2.33. The van der Waals surface area contributed by atoms with E-state index in [4.69, 9.17) is 0 Å². The molecule has 0 bridgehead atoms. The molecule has 2 aliphatic rings. The Kier molecular flexibility index (Phi) is 3.22. The lowest BCUT2D eigenvalue weighted by Gasteiger charge is -2.24. The van der Waals surface area contributed by atoms with E-state index in [2.05, 4.69) is 0 Å². The molecule has 5 nitrogen and oxygen atoms in total. The molecule has 0 radical (unpaired) electrons. The number of likely N-dealkylation sites (tertiary alicyclic amines) is 1. The smallest absolute Gasteiger partial charge is 0.325 e. The third-order valence-corrected chi connectivity index (χ3v) is 4.24. The Morgan fingerprint density at radius 3 is 2.65 bits per heavy atom. The number of carboxylic acid groups (broad SMARTS) is 1. The molecule has 0 aromatic heterocycles. The van der Waals surface area contributed by atoms with Gasteiger partial charge < -0.3 is 10.0 Å². The minimum atomic E-state index is -0.815. The molecule has 106 valence electrons. The van der Waals surface area contributed by atoms with Gasteiger partial charge in [0.15, 0.2) is 0 Å². The number of carbonyl (C=O) groups excluding carboxylic acids is 1. The average molecular weight is 274 g/mol. The predicted octanol–water partition coefficient (Wildman–Crippen LogP) is 1.43. The number of amides is 1. The summed E-state index contributed by atoms with van der Waals surface area (Å²) < 4.78 is 0. The predicted molar refractivity (Wildman–Crippen MR) is 74.7 cm³/mol. The molecule has 20 heavy (non-hydrogen) atoms. The fraction of sp³-hybridized carbons (Fsp3) is 0.467. The zero-order valence-electron chi connectivity index (χ0n) is 11.5. The lowest BCUT2D eigenvalue weighted by atomic mass is 10.0. The minimum Gasteiger partial charge on any atom is -0.480 e. The maximum absolute atomic E-state index is 11.7. The second-order valence-electron chi connectivity index (χ2n) is 5.50. The van der Waals surface area contributed by atoms with Gasteiger partial charge in [-0.2, -0.15) is 0 Å². The van der Waals surface area contributed by atoms with Crippen molar-refractivity contribution in [3.63, 3.8) is 0 Å². The molecule has 5 heteroatoms. The Hall–Kier alpha value is -1.88. The van der Waals surface area contributed by atoms with E-state index in [1.54, 1.807) is 11.9 Å². The number of aliphatic carboxylic acids is 1. The zero-order valence-corrected chi connectivity index (χ0v) is 11.5. The number of hydrogen-bond donors (Lipinski definition) is 1. The van der Waals surface area contributed by atoms with Crippen molar-refractivity contribution in [1.29, 1.82) is 0 Å². The van der Waals surface area contributed by atoms with E-state index in [0.717, 1.165) is 42.7 Å². The Morgan fingerprint density at radius 2 is 2.00 bits per heavy atom. The standard InChI is InChI=1S/C15H18N2O3/c1-16-12-5-4-10(8-11(12)9-13(16)18)14(15(19)20)17-6-2-3-7-17/h4-5,8,14H,2-3,6-7,9H2,1H3,(H,19,20). The van der Waals surface area contributed by atoms with Crippen LogP contribution in [0.3, 0.4) is 0 Å². The zero-order chi connectivity index (χ0) is 14.3. The number of benzene rings is 1. The first-order chi connectivity index (χ1) is 9.58. The van der Waals surface area contributed by atoms with E-state index in [0.29, 0.717) is 6.42 Å². The van der Waals surface area contributed by atoms with Crippen LogP contribution < -0.4 is 4.90 Å². The number of likely N-dealkylation sites (N-methyl/N-ethyl adjacent to an activating group) is 1. The van der Waals surface area contributed by atoms with E-state index < -0.39 is 12.0 Å². The molecular weight excluding hydrogens is 256 g/mol. The van der Waals surface area contributed by atoms with Crippen LogP contribution in [0, 0.1) is 0 Å². The summed E-state index contributed by atoms with van der Waals surface area (Å²) >= 11 is 0. The van der Waals surface area contributed by atoms with Crippen LogP contribution >= 0.6 is 0 Å². The molecule has 2 heterocycles. The van der Waals surface area contributed by atoms with Gasteiger partial charge in [0.05, 0.1) is 6.42 Å². The van der Waals surface area contributed by atoms with Gasteiger partial charge in [0.1, 0.15) is 6.04 Å². The van der Waals surface area contributed by atoms with Crippen molar-refractivity contribution in [2.24, 2.45) is 0 Å². The molecule has 1 unspecified atom stereocenters. The number of fused-ring (bicyclic) bond motifs is 1. The second-order valence-corrected chi connectivity index (χ2v) is 5.50. The Labute approximate surface area is 117 Å². The Morgan fingerprint density at radius 1 is 1.30 bits per heavy atom. The van der Waals surface area contributed by atoms with Gasteiger partial charge in [-0.15, -0.1) is 0 Å². The monoisotopic (exact) mass is 274 g/mol. The molecule has 2 aliphatic heterocycles. The van der Waals surface area contributed by atoms with Crippen molar-refractivity contribution in [2.45, 2.75) is 25.3 Å². The van der Waals surface area contributed by atoms with E-state index >= 15 is 0 Å². The van der Waals surface area contributed by atoms with E-state index in [-0.39, 0.29) is 5.91 Å². The number of carboxylic acids is 1. The SMILES string of the molecule is CN1C(=O)Cc2cc(C(C(=O)O)N3CCCC3)ccc21. The molecule has 0 aliphatic carbocycles. The van der Waals surface area contributed by atoms with Crippen LogP contribution in [-0.4, -0.2) is 42.0 Å². The quantitative estimate of drug-likeness (QED) is 0.905. The first kappa shape index (κ1) is 13.1. The molecule has 1 fully saturated rings. The van der Waals surface area contributed by atoms with Gasteiger partial charge in [0, 0.05) is 12.7 Å². The summed E-state index contributed by atoms with van der Waals surface area (Å²) in [6, 6.07) is 4.99. The summed E-state index contributed by atoms with van der Waals surface area (Å²) in [5.41, 5.74) is 2.60. The molecule has 1 N–H and O–H groups in total. The summed E-state index contributed by atoms with van der Waals surface area (Å²) in [4.78, 5) is 26.9. The van der Waals surface area contributed by atoms with Crippen LogP contribution in [0.5, 0.6) is 0 Å². The fourth-order valence-electron chi connectivity index (χ4n) is 3.17. The molecule has 0 spiro atoms. The third-order valence-electron chi connectivity index (χ3n) is 4.24. The minimum absolute atomic E-state index is 0.0604. The maximum Gasteiger partial charge on any atom is 0.325 e. The van der Waals surface area contributed by atoms with Gasteiger partial charge in [0.2, 0.25) is 5.91 Å². The maximum atomic E-state index is 11.7. The number of nitrogens with zero attached hydrogens (tertiary/aromatic N) is 2. The van der Waals surface area contributed by atoms with Gasteiger partial charge in [0.25, 0.3) is 0 Å². The van der Waals surface area contributed by atoms with Gasteiger partial charge in [-0.3, -0.25) is 14.5 Å². The van der Waals surface area contributed by atoms with Crippen molar-refractivity contribution in [3.05, 3.63) is 29.3 Å². The highest BCUT2D eigenvalue weighted by atomic mass is 16.4. The van der Waals surface area contributed by atoms with Crippen molar-refractivity contribution < 1.29 is 14.7 Å². The Bertz CT molecular complexity index is 564. The topological polar surface area (TPSA) is 60.9 Å². The van der Waals surface area contributed by atoms with Crippen LogP contribution in [-0.2, 0) is 16.0 Å². The number of anilines is 1. The second kappa shape index (κ2) is 4.90. The molecule has 1 saturated heterocycles. The van der Waals surface area contributed by atoms with E-state index in [1.807, 2.05) is 23.1 Å². The largest absolute Gasteiger partial charge is 0.480 e. The van der Waals surface area contributed by atoms with Crippen LogP contribution in [0.25, 0.3) is 0 Å². The third kappa shape index (κ3) is 2.08. The number of carbonyl (C=O) groups is 2. The summed E-state index contributed by atoms with van der Waals surface area (Å²) in [5, 5.41) is 9.52. The summed E-state index contributed by atoms with van der Waals surface area (Å²) in [5.74, 6) is -0.755. The molecule has 1 atom stereocenters. The van der Waals surface area contributed by atoms with Gasteiger partial charge in [-0.05, 0) is 43.1 Å². The number of hydrogen-bond acceptors (Lipinski definition) is 3. The summed E-state index contributed by atoms with van der Waals surface area (Å²) in [6.07, 6.45) is 2.47. The first-order valence-corrected chi connectivity index (χ1v) is 6.94. The normalized spacial score (nSPS) is 20.2. The molecule has 1 aromatic rings. The van der Waals surface area contributed by atoms with Gasteiger partial charge in [-0.25, -0.2) is 0 Å². The van der Waals surface area contributed by atoms with Gasteiger partial charge >= 0.3 is 5.97 Å². The molecule has 1 aromatic carbocycles. The van der Waals surface area contributed by atoms with Crippen molar-refractivity contribution >= 4 is 17.6 Å². The van der Waals surface area contributed by atoms with Crippen LogP contribution in [0.15, 0.2) is 18.2 Å². The van der Waals surface area contributed by atoms with Crippen LogP contribution in [0.4, 0.5) is 5.69 Å². The van der Waals surface area contributed by atoms with E-state index in [9.17, 15) is 14.7 Å². The molecule has 3 rings (SSSR count). The van der Waals surface area contributed by atoms with Crippen molar-refractivity contribution in [3.8, 4) is 0 Å². The van der Waals surface area contributed by atoms with E-state index in [1.165, 1.54) is 0 Å². The first-order valence-electron chi connectivity index (χ1n) is 6.94. The Balaban J connectivity index is 1.95. The lowest BCUT2D eigenvalue weighted by molar-refractivity contribution is -0.143. The molecular formula is C15H18N2O3. The van der Waals surface area contributed by atoms with Gasteiger partial charge in [-0.1, -0.05) is 12.1 Å². The molecule has 1 amide bonds. The summed E-state index contributed by atoms with van der Waals surface area (Å²) in [7, 11) is 1.75. The average Bonchev–Trinajstić information content (AvgIpc) is 3.00. The molecule has 0 saturated carbocycles. The number of rotatable bonds is 3. The van der Waals surface area contributed by atoms with Crippen molar-refractivity contribution in [1.82, 2.24) is 4.90 Å². The lowest BCUT2D eigenvalue weighted by Crippen LogP contribution is -2.31. The fourth-order valence-corrected chi connectivity index (χ4v) is 3.17. The van der Waals surface area contributed by atoms with Crippen LogP contribution in [0.1, 0.15) is 30.0 Å². The highest BCUT2D eigenvalue weighted by Gasteiger charge is 2.31.